The van der Waals surface area contributed by atoms with E-state index in [1.54, 1.807) is 6.08 Å². The summed E-state index contributed by atoms with van der Waals surface area (Å²) in [5.41, 5.74) is 0. The van der Waals surface area contributed by atoms with Gasteiger partial charge in [-0.2, -0.15) is 0 Å². The summed E-state index contributed by atoms with van der Waals surface area (Å²) < 4.78 is 0.554. The Hall–Kier alpha value is -0.690. The van der Waals surface area contributed by atoms with E-state index in [0.717, 1.165) is 0 Å². The van der Waals surface area contributed by atoms with Crippen LogP contribution in [0.2, 0.25) is 0 Å². The maximum atomic E-state index is 11.8. The fourth-order valence-electron chi connectivity index (χ4n) is 1.18. The van der Waals surface area contributed by atoms with E-state index in [2.05, 4.69) is 4.89 Å². The summed E-state index contributed by atoms with van der Waals surface area (Å²) in [7, 11) is 0. The summed E-state index contributed by atoms with van der Waals surface area (Å²) in [6, 6.07) is 0. The lowest BCUT2D eigenvalue weighted by Gasteiger charge is -2.13. The molecule has 1 heterocycles. The molecule has 0 bridgehead atoms. The van der Waals surface area contributed by atoms with Crippen LogP contribution < -0.4 is 0 Å². The fraction of sp³-hybridized carbons (Fsp3) is 0.400. The molecule has 16 heavy (non-hydrogen) atoms. The maximum absolute atomic E-state index is 11.8. The Balaban J connectivity index is 2.60. The molecule has 0 unspecified atom stereocenters. The Morgan fingerprint density at radius 3 is 3.00 bits per heavy atom. The van der Waals surface area contributed by atoms with E-state index in [9.17, 15) is 4.79 Å². The van der Waals surface area contributed by atoms with Crippen LogP contribution in [0.15, 0.2) is 23.1 Å². The van der Waals surface area contributed by atoms with Gasteiger partial charge in [-0.25, -0.2) is 4.89 Å². The third kappa shape index (κ3) is 3.41. The molecule has 0 atom stereocenters. The number of hydrogen-bond donors (Lipinski definition) is 1. The van der Waals surface area contributed by atoms with Crippen LogP contribution in [-0.4, -0.2) is 33.5 Å². The highest BCUT2D eigenvalue weighted by atomic mass is 32.2. The van der Waals surface area contributed by atoms with Crippen molar-refractivity contribution in [3.63, 3.8) is 0 Å². The molecule has 6 heteroatoms. The average Bonchev–Trinajstić information content (AvgIpc) is 2.54. The summed E-state index contributed by atoms with van der Waals surface area (Å²) in [6.45, 7) is 2.55. The smallest absolute Gasteiger partial charge is 0.266 e. The van der Waals surface area contributed by atoms with Crippen molar-refractivity contribution in [1.82, 2.24) is 4.90 Å². The van der Waals surface area contributed by atoms with Gasteiger partial charge in [-0.3, -0.25) is 15.0 Å². The number of carbonyl (C=O) groups is 1. The zero-order chi connectivity index (χ0) is 12.0. The molecule has 0 aromatic carbocycles. The average molecular weight is 259 g/mol. The summed E-state index contributed by atoms with van der Waals surface area (Å²) in [4.78, 5) is 17.9. The van der Waals surface area contributed by atoms with Crippen LogP contribution in [0.1, 0.15) is 13.3 Å². The molecule has 4 nitrogen and oxygen atoms in total. The summed E-state index contributed by atoms with van der Waals surface area (Å²) in [5.74, 6) is -0.0777. The van der Waals surface area contributed by atoms with Gasteiger partial charge >= 0.3 is 0 Å². The van der Waals surface area contributed by atoms with E-state index < -0.39 is 0 Å². The summed E-state index contributed by atoms with van der Waals surface area (Å²) in [5, 5.41) is 8.18. The van der Waals surface area contributed by atoms with Crippen molar-refractivity contribution >= 4 is 34.2 Å². The van der Waals surface area contributed by atoms with Gasteiger partial charge in [0.05, 0.1) is 11.5 Å². The molecule has 0 aliphatic carbocycles. The molecular formula is C10H13NO3S2. The zero-order valence-electron chi connectivity index (χ0n) is 8.88. The zero-order valence-corrected chi connectivity index (χ0v) is 10.5. The maximum Gasteiger partial charge on any atom is 0.266 e. The van der Waals surface area contributed by atoms with Crippen LogP contribution in [-0.2, 0) is 9.68 Å². The minimum atomic E-state index is -0.0777. The molecule has 88 valence electrons. The second-order valence-electron chi connectivity index (χ2n) is 3.07. The number of amides is 1. The first-order chi connectivity index (χ1) is 7.70. The monoisotopic (exact) mass is 259 g/mol. The van der Waals surface area contributed by atoms with Crippen LogP contribution in [0.3, 0.4) is 0 Å². The fourth-order valence-corrected chi connectivity index (χ4v) is 2.44. The number of thiocarbonyl (C=S) groups is 1. The van der Waals surface area contributed by atoms with E-state index in [4.69, 9.17) is 17.5 Å². The Bertz CT molecular complexity index is 339. The van der Waals surface area contributed by atoms with Gasteiger partial charge in [-0.05, 0) is 19.4 Å². The first kappa shape index (κ1) is 13.4. The number of rotatable bonds is 5. The lowest BCUT2D eigenvalue weighted by Crippen LogP contribution is -2.29. The van der Waals surface area contributed by atoms with Gasteiger partial charge < -0.3 is 0 Å². The normalized spacial score (nSPS) is 19.4. The molecule has 1 aliphatic rings. The van der Waals surface area contributed by atoms with E-state index in [1.807, 2.05) is 19.1 Å². The predicted octanol–water partition coefficient (Wildman–Crippen LogP) is 2.19. The van der Waals surface area contributed by atoms with Crippen molar-refractivity contribution in [2.75, 3.05) is 13.2 Å². The van der Waals surface area contributed by atoms with Gasteiger partial charge in [0.25, 0.3) is 5.91 Å². The van der Waals surface area contributed by atoms with Gasteiger partial charge in [0.2, 0.25) is 0 Å². The van der Waals surface area contributed by atoms with Crippen molar-refractivity contribution in [2.24, 2.45) is 0 Å². The van der Waals surface area contributed by atoms with Crippen LogP contribution in [0, 0.1) is 0 Å². The van der Waals surface area contributed by atoms with Gasteiger partial charge in [-0.1, -0.05) is 36.1 Å². The Morgan fingerprint density at radius 1 is 1.62 bits per heavy atom. The molecule has 0 saturated carbocycles. The molecule has 1 fully saturated rings. The largest absolute Gasteiger partial charge is 0.293 e. The van der Waals surface area contributed by atoms with E-state index in [-0.39, 0.29) is 12.5 Å². The molecule has 1 aliphatic heterocycles. The third-order valence-electron chi connectivity index (χ3n) is 1.93. The Kier molecular flexibility index (Phi) is 5.68. The molecule has 0 spiro atoms. The lowest BCUT2D eigenvalue weighted by molar-refractivity contribution is -0.242. The van der Waals surface area contributed by atoms with Gasteiger partial charge in [0, 0.05) is 6.54 Å². The van der Waals surface area contributed by atoms with Crippen LogP contribution >= 0.6 is 24.0 Å². The molecule has 0 aromatic heterocycles. The minimum absolute atomic E-state index is 0.0777. The highest BCUT2D eigenvalue weighted by molar-refractivity contribution is 8.26. The van der Waals surface area contributed by atoms with E-state index in [1.165, 1.54) is 16.7 Å². The molecule has 1 saturated heterocycles. The highest BCUT2D eigenvalue weighted by Gasteiger charge is 2.30. The number of nitrogens with zero attached hydrogens (tertiary/aromatic N) is 1. The summed E-state index contributed by atoms with van der Waals surface area (Å²) in [6.07, 6.45) is 5.97. The van der Waals surface area contributed by atoms with Gasteiger partial charge in [0.1, 0.15) is 4.32 Å². The van der Waals surface area contributed by atoms with E-state index in [0.29, 0.717) is 22.2 Å². The number of allylic oxidation sites excluding steroid dienone is 3. The topological polar surface area (TPSA) is 49.8 Å². The number of thioether (sulfide) groups is 1. The first-order valence-electron chi connectivity index (χ1n) is 4.83. The lowest BCUT2D eigenvalue weighted by atomic mass is 10.3. The second-order valence-corrected chi connectivity index (χ2v) is 4.74. The van der Waals surface area contributed by atoms with Gasteiger partial charge in [-0.15, -0.1) is 0 Å². The quantitative estimate of drug-likeness (QED) is 0.270. The molecule has 1 N–H and O–H groups in total. The first-order valence-corrected chi connectivity index (χ1v) is 6.06. The van der Waals surface area contributed by atoms with Crippen molar-refractivity contribution in [3.8, 4) is 0 Å². The standard InChI is InChI=1S/C10H13NO3S2/c1-2-3-5-8-9(12)11(10(15)16-8)6-4-7-14-13/h2-3,5,13H,4,6-7H2,1H3/b3-2?,8-5+. The predicted molar refractivity (Wildman–Crippen MR) is 68.0 cm³/mol. The van der Waals surface area contributed by atoms with Crippen molar-refractivity contribution in [2.45, 2.75) is 13.3 Å². The Morgan fingerprint density at radius 2 is 2.38 bits per heavy atom. The Labute approximate surface area is 104 Å². The minimum Gasteiger partial charge on any atom is -0.293 e. The third-order valence-corrected chi connectivity index (χ3v) is 3.33. The van der Waals surface area contributed by atoms with Crippen molar-refractivity contribution in [1.29, 1.82) is 0 Å². The molecular weight excluding hydrogens is 246 g/mol. The summed E-state index contributed by atoms with van der Waals surface area (Å²) >= 11 is 6.39. The second kappa shape index (κ2) is 6.80. The molecule has 0 radical (unpaired) electrons. The molecule has 1 rings (SSSR count). The van der Waals surface area contributed by atoms with E-state index >= 15 is 0 Å². The molecule has 0 aromatic rings. The van der Waals surface area contributed by atoms with Crippen molar-refractivity contribution < 1.29 is 14.9 Å². The van der Waals surface area contributed by atoms with Crippen LogP contribution in [0.5, 0.6) is 0 Å². The van der Waals surface area contributed by atoms with Crippen molar-refractivity contribution in [3.05, 3.63) is 23.1 Å². The molecule has 1 amide bonds. The highest BCUT2D eigenvalue weighted by Crippen LogP contribution is 2.30. The van der Waals surface area contributed by atoms with Gasteiger partial charge in [0.15, 0.2) is 0 Å². The number of hydrogen-bond acceptors (Lipinski definition) is 5. The number of carbonyl (C=O) groups excluding carboxylic acids is 1. The van der Waals surface area contributed by atoms with Crippen LogP contribution in [0.4, 0.5) is 0 Å². The SMILES string of the molecule is CC=C/C=C1/SC(=S)N(CCCOO)C1=O. The van der Waals surface area contributed by atoms with Crippen LogP contribution in [0.25, 0.3) is 0 Å².